The van der Waals surface area contributed by atoms with Crippen molar-refractivity contribution in [3.63, 3.8) is 0 Å². The maximum atomic E-state index is 11.6. The molecule has 4 heteroatoms. The van der Waals surface area contributed by atoms with Crippen molar-refractivity contribution in [1.29, 1.82) is 0 Å². The molecular formula is C12H24N2OS. The summed E-state index contributed by atoms with van der Waals surface area (Å²) in [5, 5.41) is 3.97. The van der Waals surface area contributed by atoms with Crippen LogP contribution in [0.4, 0.5) is 0 Å². The Kier molecular flexibility index (Phi) is 5.12. The molecule has 16 heavy (non-hydrogen) atoms. The summed E-state index contributed by atoms with van der Waals surface area (Å²) >= 11 is 1.98. The average Bonchev–Trinajstić information content (AvgIpc) is 2.59. The molecule has 3 nitrogen and oxygen atoms in total. The third kappa shape index (κ3) is 3.39. The molecule has 0 aliphatic heterocycles. The minimum absolute atomic E-state index is 0.180. The van der Waals surface area contributed by atoms with Gasteiger partial charge in [0.2, 0.25) is 5.91 Å². The summed E-state index contributed by atoms with van der Waals surface area (Å²) < 4.78 is 0. The smallest absolute Gasteiger partial charge is 0.237 e. The number of nitrogens with one attached hydrogen (secondary N) is 1. The number of thioether (sulfide) groups is 1. The fourth-order valence-corrected chi connectivity index (χ4v) is 3.66. The van der Waals surface area contributed by atoms with E-state index in [-0.39, 0.29) is 5.91 Å². The zero-order valence-electron chi connectivity index (χ0n) is 10.6. The number of primary amides is 1. The van der Waals surface area contributed by atoms with Gasteiger partial charge in [-0.25, -0.2) is 0 Å². The first-order valence-corrected chi connectivity index (χ1v) is 7.24. The van der Waals surface area contributed by atoms with Gasteiger partial charge in [-0.3, -0.25) is 4.79 Å². The SMILES string of the molecule is CCCSC1CCC(NC(C)C)(C(N)=O)C1. The summed E-state index contributed by atoms with van der Waals surface area (Å²) in [6.45, 7) is 6.32. The molecule has 94 valence electrons. The highest BCUT2D eigenvalue weighted by Crippen LogP contribution is 2.37. The van der Waals surface area contributed by atoms with Crippen LogP contribution in [-0.2, 0) is 4.79 Å². The minimum Gasteiger partial charge on any atom is -0.368 e. The van der Waals surface area contributed by atoms with Crippen LogP contribution >= 0.6 is 11.8 Å². The molecule has 0 aromatic carbocycles. The summed E-state index contributed by atoms with van der Waals surface area (Å²) in [5.74, 6) is 1.00. The highest BCUT2D eigenvalue weighted by Gasteiger charge is 2.44. The average molecular weight is 244 g/mol. The zero-order chi connectivity index (χ0) is 12.2. The van der Waals surface area contributed by atoms with Gasteiger partial charge >= 0.3 is 0 Å². The van der Waals surface area contributed by atoms with E-state index < -0.39 is 5.54 Å². The maximum absolute atomic E-state index is 11.6. The van der Waals surface area contributed by atoms with Gasteiger partial charge < -0.3 is 11.1 Å². The largest absolute Gasteiger partial charge is 0.368 e. The molecule has 1 aliphatic rings. The van der Waals surface area contributed by atoms with Crippen molar-refractivity contribution in [2.45, 2.75) is 63.3 Å². The van der Waals surface area contributed by atoms with Crippen LogP contribution in [0.25, 0.3) is 0 Å². The van der Waals surface area contributed by atoms with Gasteiger partial charge in [0, 0.05) is 11.3 Å². The standard InChI is InChI=1S/C12H24N2OS/c1-4-7-16-10-5-6-12(8-10,11(13)15)14-9(2)3/h9-10,14H,4-8H2,1-3H3,(H2,13,15). The van der Waals surface area contributed by atoms with E-state index in [1.54, 1.807) is 0 Å². The molecule has 0 aromatic rings. The monoisotopic (exact) mass is 244 g/mol. The van der Waals surface area contributed by atoms with Gasteiger partial charge in [0.1, 0.15) is 0 Å². The number of carbonyl (C=O) groups is 1. The van der Waals surface area contributed by atoms with Crippen molar-refractivity contribution >= 4 is 17.7 Å². The van der Waals surface area contributed by atoms with Gasteiger partial charge in [-0.15, -0.1) is 0 Å². The quantitative estimate of drug-likeness (QED) is 0.750. The Morgan fingerprint density at radius 2 is 2.31 bits per heavy atom. The van der Waals surface area contributed by atoms with E-state index in [9.17, 15) is 4.79 Å². The molecule has 1 amide bonds. The molecule has 2 unspecified atom stereocenters. The Hall–Kier alpha value is -0.220. The first-order chi connectivity index (χ1) is 7.50. The first-order valence-electron chi connectivity index (χ1n) is 6.19. The second kappa shape index (κ2) is 5.92. The lowest BCUT2D eigenvalue weighted by Crippen LogP contribution is -2.56. The molecule has 0 saturated heterocycles. The predicted molar refractivity (Wildman–Crippen MR) is 70.6 cm³/mol. The third-order valence-electron chi connectivity index (χ3n) is 3.06. The molecule has 1 rings (SSSR count). The van der Waals surface area contributed by atoms with E-state index in [0.717, 1.165) is 19.3 Å². The molecule has 0 heterocycles. The Bertz CT molecular complexity index is 245. The van der Waals surface area contributed by atoms with Crippen molar-refractivity contribution in [1.82, 2.24) is 5.32 Å². The van der Waals surface area contributed by atoms with Crippen LogP contribution < -0.4 is 11.1 Å². The molecule has 0 bridgehead atoms. The van der Waals surface area contributed by atoms with E-state index in [2.05, 4.69) is 26.1 Å². The van der Waals surface area contributed by atoms with Crippen LogP contribution in [0.5, 0.6) is 0 Å². The molecule has 0 aromatic heterocycles. The van der Waals surface area contributed by atoms with Crippen molar-refractivity contribution in [2.24, 2.45) is 5.73 Å². The fourth-order valence-electron chi connectivity index (χ4n) is 2.41. The second-order valence-electron chi connectivity index (χ2n) is 4.98. The Labute approximate surface area is 103 Å². The molecule has 1 aliphatic carbocycles. The number of nitrogens with two attached hydrogens (primary N) is 1. The molecule has 0 spiro atoms. The Balaban J connectivity index is 2.58. The topological polar surface area (TPSA) is 55.1 Å². The van der Waals surface area contributed by atoms with Crippen LogP contribution in [0.3, 0.4) is 0 Å². The maximum Gasteiger partial charge on any atom is 0.237 e. The van der Waals surface area contributed by atoms with Crippen LogP contribution in [-0.4, -0.2) is 28.5 Å². The number of hydrogen-bond donors (Lipinski definition) is 2. The zero-order valence-corrected chi connectivity index (χ0v) is 11.4. The molecule has 2 atom stereocenters. The Morgan fingerprint density at radius 3 is 2.81 bits per heavy atom. The first kappa shape index (κ1) is 13.8. The summed E-state index contributed by atoms with van der Waals surface area (Å²) in [7, 11) is 0. The van der Waals surface area contributed by atoms with Gasteiger partial charge in [-0.1, -0.05) is 6.92 Å². The molecule has 1 fully saturated rings. The van der Waals surface area contributed by atoms with Crippen molar-refractivity contribution in [3.8, 4) is 0 Å². The molecule has 1 saturated carbocycles. The Morgan fingerprint density at radius 1 is 1.62 bits per heavy atom. The van der Waals surface area contributed by atoms with Crippen molar-refractivity contribution < 1.29 is 4.79 Å². The van der Waals surface area contributed by atoms with Crippen LogP contribution in [0.1, 0.15) is 46.5 Å². The van der Waals surface area contributed by atoms with Gasteiger partial charge in [0.25, 0.3) is 0 Å². The number of carbonyl (C=O) groups excluding carboxylic acids is 1. The van der Waals surface area contributed by atoms with Gasteiger partial charge in [-0.2, -0.15) is 11.8 Å². The van der Waals surface area contributed by atoms with Gasteiger partial charge in [0.05, 0.1) is 5.54 Å². The summed E-state index contributed by atoms with van der Waals surface area (Å²) in [4.78, 5) is 11.6. The summed E-state index contributed by atoms with van der Waals surface area (Å²) in [6, 6.07) is 0.308. The van der Waals surface area contributed by atoms with Crippen LogP contribution in [0.2, 0.25) is 0 Å². The van der Waals surface area contributed by atoms with Crippen molar-refractivity contribution in [2.75, 3.05) is 5.75 Å². The minimum atomic E-state index is -0.445. The van der Waals surface area contributed by atoms with E-state index in [1.165, 1.54) is 12.2 Å². The van der Waals surface area contributed by atoms with Crippen LogP contribution in [0, 0.1) is 0 Å². The number of hydrogen-bond acceptors (Lipinski definition) is 3. The van der Waals surface area contributed by atoms with Crippen molar-refractivity contribution in [3.05, 3.63) is 0 Å². The number of rotatable bonds is 6. The van der Waals surface area contributed by atoms with E-state index in [1.807, 2.05) is 11.8 Å². The lowest BCUT2D eigenvalue weighted by Gasteiger charge is -2.29. The van der Waals surface area contributed by atoms with Gasteiger partial charge in [-0.05, 0) is 45.3 Å². The fraction of sp³-hybridized carbons (Fsp3) is 0.917. The lowest BCUT2D eigenvalue weighted by molar-refractivity contribution is -0.124. The number of amides is 1. The highest BCUT2D eigenvalue weighted by molar-refractivity contribution is 7.99. The normalized spacial score (nSPS) is 29.9. The third-order valence-corrected chi connectivity index (χ3v) is 4.58. The van der Waals surface area contributed by atoms with Gasteiger partial charge in [0.15, 0.2) is 0 Å². The highest BCUT2D eigenvalue weighted by atomic mass is 32.2. The van der Waals surface area contributed by atoms with E-state index in [0.29, 0.717) is 11.3 Å². The molecule has 3 N–H and O–H groups in total. The molecular weight excluding hydrogens is 220 g/mol. The van der Waals surface area contributed by atoms with Crippen LogP contribution in [0.15, 0.2) is 0 Å². The summed E-state index contributed by atoms with van der Waals surface area (Å²) in [6.07, 6.45) is 4.09. The predicted octanol–water partition coefficient (Wildman–Crippen LogP) is 1.90. The molecule has 0 radical (unpaired) electrons. The van der Waals surface area contributed by atoms with E-state index >= 15 is 0 Å². The second-order valence-corrected chi connectivity index (χ2v) is 6.39. The van der Waals surface area contributed by atoms with E-state index in [4.69, 9.17) is 5.73 Å². The summed E-state index contributed by atoms with van der Waals surface area (Å²) in [5.41, 5.74) is 5.12. The lowest BCUT2D eigenvalue weighted by atomic mass is 9.96.